The normalized spacial score (nSPS) is 19.7. The minimum atomic E-state index is -0.245. The molecule has 6 nitrogen and oxygen atoms in total. The van der Waals surface area contributed by atoms with Crippen molar-refractivity contribution in [1.29, 1.82) is 0 Å². The van der Waals surface area contributed by atoms with Gasteiger partial charge in [-0.2, -0.15) is 0 Å². The largest absolute Gasteiger partial charge is 0.357 e. The SMILES string of the molecule is CNC(=O)C1CNCCN1c1nc(C)cc(C)n1. The minimum absolute atomic E-state index is 0.00930. The van der Waals surface area contributed by atoms with Crippen LogP contribution in [0.1, 0.15) is 11.4 Å². The molecule has 0 aromatic carbocycles. The molecule has 0 saturated carbocycles. The first-order valence-corrected chi connectivity index (χ1v) is 6.13. The van der Waals surface area contributed by atoms with E-state index in [2.05, 4.69) is 20.6 Å². The Bertz CT molecular complexity index is 428. The highest BCUT2D eigenvalue weighted by molar-refractivity contribution is 5.85. The summed E-state index contributed by atoms with van der Waals surface area (Å²) in [7, 11) is 1.65. The molecule has 6 heteroatoms. The maximum Gasteiger partial charge on any atom is 0.243 e. The van der Waals surface area contributed by atoms with Crippen LogP contribution in [0.15, 0.2) is 6.07 Å². The van der Waals surface area contributed by atoms with E-state index in [1.807, 2.05) is 24.8 Å². The summed E-state index contributed by atoms with van der Waals surface area (Å²) < 4.78 is 0. The molecule has 18 heavy (non-hydrogen) atoms. The average molecular weight is 249 g/mol. The monoisotopic (exact) mass is 249 g/mol. The summed E-state index contributed by atoms with van der Waals surface area (Å²) in [6, 6.07) is 1.69. The van der Waals surface area contributed by atoms with Crippen molar-refractivity contribution in [2.45, 2.75) is 19.9 Å². The molecule has 1 fully saturated rings. The summed E-state index contributed by atoms with van der Waals surface area (Å²) in [5.41, 5.74) is 1.85. The Morgan fingerprint density at radius 2 is 2.11 bits per heavy atom. The van der Waals surface area contributed by atoms with E-state index in [1.165, 1.54) is 0 Å². The summed E-state index contributed by atoms with van der Waals surface area (Å²) >= 11 is 0. The first-order chi connectivity index (χ1) is 8.61. The van der Waals surface area contributed by atoms with E-state index >= 15 is 0 Å². The van der Waals surface area contributed by atoms with Crippen LogP contribution < -0.4 is 15.5 Å². The molecule has 1 aromatic rings. The fraction of sp³-hybridized carbons (Fsp3) is 0.583. The second kappa shape index (κ2) is 5.30. The van der Waals surface area contributed by atoms with Gasteiger partial charge < -0.3 is 15.5 Å². The van der Waals surface area contributed by atoms with Gasteiger partial charge in [-0.15, -0.1) is 0 Å². The Kier molecular flexibility index (Phi) is 3.76. The van der Waals surface area contributed by atoms with Gasteiger partial charge in [0.05, 0.1) is 0 Å². The summed E-state index contributed by atoms with van der Waals surface area (Å²) in [5, 5.41) is 5.91. The number of aryl methyl sites for hydroxylation is 2. The van der Waals surface area contributed by atoms with Gasteiger partial charge in [0.25, 0.3) is 0 Å². The zero-order valence-electron chi connectivity index (χ0n) is 11.0. The Balaban J connectivity index is 2.30. The average Bonchev–Trinajstić information content (AvgIpc) is 2.36. The van der Waals surface area contributed by atoms with Gasteiger partial charge in [-0.1, -0.05) is 0 Å². The Morgan fingerprint density at radius 1 is 1.44 bits per heavy atom. The molecule has 1 aromatic heterocycles. The van der Waals surface area contributed by atoms with E-state index in [9.17, 15) is 4.79 Å². The number of carbonyl (C=O) groups excluding carboxylic acids is 1. The fourth-order valence-electron chi connectivity index (χ4n) is 2.18. The van der Waals surface area contributed by atoms with Gasteiger partial charge in [0, 0.05) is 38.1 Å². The van der Waals surface area contributed by atoms with E-state index in [0.717, 1.165) is 24.5 Å². The van der Waals surface area contributed by atoms with Gasteiger partial charge in [0.1, 0.15) is 6.04 Å². The zero-order chi connectivity index (χ0) is 13.1. The molecule has 1 amide bonds. The number of hydrogen-bond acceptors (Lipinski definition) is 5. The lowest BCUT2D eigenvalue weighted by Crippen LogP contribution is -2.58. The lowest BCUT2D eigenvalue weighted by molar-refractivity contribution is -0.122. The molecule has 2 N–H and O–H groups in total. The van der Waals surface area contributed by atoms with E-state index < -0.39 is 0 Å². The number of piperazine rings is 1. The third-order valence-corrected chi connectivity index (χ3v) is 3.02. The van der Waals surface area contributed by atoms with Gasteiger partial charge >= 0.3 is 0 Å². The van der Waals surface area contributed by atoms with Crippen LogP contribution in [0.25, 0.3) is 0 Å². The molecule has 98 valence electrons. The number of nitrogens with one attached hydrogen (secondary N) is 2. The Hall–Kier alpha value is -1.69. The van der Waals surface area contributed by atoms with Crippen LogP contribution in [0.2, 0.25) is 0 Å². The van der Waals surface area contributed by atoms with E-state index in [1.54, 1.807) is 7.05 Å². The molecular formula is C12H19N5O. The zero-order valence-corrected chi connectivity index (χ0v) is 11.0. The number of aromatic nitrogens is 2. The molecule has 0 spiro atoms. The molecule has 0 radical (unpaired) electrons. The highest BCUT2D eigenvalue weighted by Crippen LogP contribution is 2.14. The number of anilines is 1. The lowest BCUT2D eigenvalue weighted by Gasteiger charge is -2.35. The predicted octanol–water partition coefficient (Wildman–Crippen LogP) is -0.382. The molecule has 0 bridgehead atoms. The summed E-state index contributed by atoms with van der Waals surface area (Å²) in [6.07, 6.45) is 0. The first-order valence-electron chi connectivity index (χ1n) is 6.13. The van der Waals surface area contributed by atoms with Crippen LogP contribution in [0.5, 0.6) is 0 Å². The molecule has 1 unspecified atom stereocenters. The highest BCUT2D eigenvalue weighted by Gasteiger charge is 2.29. The quantitative estimate of drug-likeness (QED) is 0.747. The number of amides is 1. The summed E-state index contributed by atoms with van der Waals surface area (Å²) in [5.74, 6) is 0.632. The Labute approximate surface area is 107 Å². The van der Waals surface area contributed by atoms with E-state index in [4.69, 9.17) is 0 Å². The molecule has 0 aliphatic carbocycles. The van der Waals surface area contributed by atoms with Gasteiger partial charge in [-0.25, -0.2) is 9.97 Å². The molecule has 2 rings (SSSR count). The molecule has 1 saturated heterocycles. The van der Waals surface area contributed by atoms with Crippen molar-refractivity contribution in [2.75, 3.05) is 31.6 Å². The Morgan fingerprint density at radius 3 is 2.72 bits per heavy atom. The van der Waals surface area contributed by atoms with Gasteiger partial charge in [-0.3, -0.25) is 4.79 Å². The lowest BCUT2D eigenvalue weighted by atomic mass is 10.2. The maximum absolute atomic E-state index is 11.9. The minimum Gasteiger partial charge on any atom is -0.357 e. The van der Waals surface area contributed by atoms with Crippen molar-refractivity contribution in [3.8, 4) is 0 Å². The molecule has 1 aliphatic rings. The number of nitrogens with zero attached hydrogens (tertiary/aromatic N) is 3. The van der Waals surface area contributed by atoms with Gasteiger partial charge in [-0.05, 0) is 19.9 Å². The van der Waals surface area contributed by atoms with Crippen LogP contribution in [-0.4, -0.2) is 48.6 Å². The summed E-state index contributed by atoms with van der Waals surface area (Å²) in [6.45, 7) is 6.07. The van der Waals surface area contributed by atoms with Crippen molar-refractivity contribution in [2.24, 2.45) is 0 Å². The van der Waals surface area contributed by atoms with Crippen molar-refractivity contribution >= 4 is 11.9 Å². The van der Waals surface area contributed by atoms with Gasteiger partial charge in [0.15, 0.2) is 0 Å². The van der Waals surface area contributed by atoms with Crippen LogP contribution in [-0.2, 0) is 4.79 Å². The van der Waals surface area contributed by atoms with Crippen molar-refractivity contribution < 1.29 is 4.79 Å². The standard InChI is InChI=1S/C12H19N5O/c1-8-6-9(2)16-12(15-8)17-5-4-14-7-10(17)11(18)13-3/h6,10,14H,4-5,7H2,1-3H3,(H,13,18). The number of hydrogen-bond donors (Lipinski definition) is 2. The summed E-state index contributed by atoms with van der Waals surface area (Å²) in [4.78, 5) is 22.7. The van der Waals surface area contributed by atoms with Crippen LogP contribution in [0.3, 0.4) is 0 Å². The van der Waals surface area contributed by atoms with Crippen LogP contribution in [0, 0.1) is 13.8 Å². The molecule has 2 heterocycles. The van der Waals surface area contributed by atoms with Crippen molar-refractivity contribution in [3.63, 3.8) is 0 Å². The van der Waals surface area contributed by atoms with E-state index in [0.29, 0.717) is 12.5 Å². The topological polar surface area (TPSA) is 70.2 Å². The second-order valence-electron chi connectivity index (χ2n) is 4.48. The number of rotatable bonds is 2. The first kappa shape index (κ1) is 12.8. The number of carbonyl (C=O) groups is 1. The smallest absolute Gasteiger partial charge is 0.243 e. The highest BCUT2D eigenvalue weighted by atomic mass is 16.2. The molecular weight excluding hydrogens is 230 g/mol. The van der Waals surface area contributed by atoms with Crippen molar-refractivity contribution in [1.82, 2.24) is 20.6 Å². The van der Waals surface area contributed by atoms with E-state index in [-0.39, 0.29) is 11.9 Å². The van der Waals surface area contributed by atoms with Crippen molar-refractivity contribution in [3.05, 3.63) is 17.5 Å². The third-order valence-electron chi connectivity index (χ3n) is 3.02. The third kappa shape index (κ3) is 2.59. The molecule has 1 aliphatic heterocycles. The second-order valence-corrected chi connectivity index (χ2v) is 4.48. The fourth-order valence-corrected chi connectivity index (χ4v) is 2.18. The maximum atomic E-state index is 11.9. The van der Waals surface area contributed by atoms with Crippen LogP contribution >= 0.6 is 0 Å². The van der Waals surface area contributed by atoms with Crippen LogP contribution in [0.4, 0.5) is 5.95 Å². The predicted molar refractivity (Wildman–Crippen MR) is 69.6 cm³/mol. The number of likely N-dealkylation sites (N-methyl/N-ethyl adjacent to an activating group) is 1. The molecule has 1 atom stereocenters. The van der Waals surface area contributed by atoms with Gasteiger partial charge in [0.2, 0.25) is 11.9 Å².